The molecule has 16 heavy (non-hydrogen) atoms. The molecule has 0 fully saturated rings. The van der Waals surface area contributed by atoms with Crippen molar-refractivity contribution < 1.29 is 22.1 Å². The van der Waals surface area contributed by atoms with E-state index in [1.54, 1.807) is 0 Å². The molecule has 7 nitrogen and oxygen atoms in total. The number of nitrogens with zero attached hydrogens (tertiary/aromatic N) is 2. The molecule has 0 bridgehead atoms. The summed E-state index contributed by atoms with van der Waals surface area (Å²) in [7, 11) is -4.24. The molecule has 0 aliphatic rings. The highest BCUT2D eigenvalue weighted by Crippen LogP contribution is 2.33. The lowest BCUT2D eigenvalue weighted by atomic mass is 10.3. The molecule has 1 atom stereocenters. The Bertz CT molecular complexity index is 603. The summed E-state index contributed by atoms with van der Waals surface area (Å²) in [5.41, 5.74) is -0.615. The van der Waals surface area contributed by atoms with E-state index in [9.17, 15) is 13.2 Å². The molecule has 1 unspecified atom stereocenters. The lowest BCUT2D eigenvalue weighted by Crippen LogP contribution is -2.18. The maximum absolute atomic E-state index is 13.3. The van der Waals surface area contributed by atoms with E-state index in [-0.39, 0.29) is 15.5 Å². The molecule has 85 valence electrons. The van der Waals surface area contributed by atoms with Gasteiger partial charge in [-0.25, -0.2) is 9.02 Å². The third-order valence-corrected chi connectivity index (χ3v) is 3.83. The maximum atomic E-state index is 13.3. The summed E-state index contributed by atoms with van der Waals surface area (Å²) in [6, 6.07) is 0.901. The standard InChI is InChI=1S/C6H3BrFN3O4S/c7-2-1-3(8)4-5(11-15-10-4)6(2)16(12,13)14-9/h1H,9H2/q+1. The summed E-state index contributed by atoms with van der Waals surface area (Å²) in [5, 5.41) is 6.51. The largest absolute Gasteiger partial charge is 0.451 e. The summed E-state index contributed by atoms with van der Waals surface area (Å²) in [6.45, 7) is 0. The Morgan fingerprint density at radius 2 is 2.12 bits per heavy atom. The van der Waals surface area contributed by atoms with Gasteiger partial charge in [-0.05, 0) is 40.8 Å². The van der Waals surface area contributed by atoms with Gasteiger partial charge < -0.3 is 0 Å². The summed E-state index contributed by atoms with van der Waals surface area (Å²) in [6.07, 6.45) is 0. The van der Waals surface area contributed by atoms with E-state index < -0.39 is 21.2 Å². The van der Waals surface area contributed by atoms with Gasteiger partial charge in [-0.3, -0.25) is 0 Å². The van der Waals surface area contributed by atoms with Crippen molar-refractivity contribution in [3.8, 4) is 0 Å². The number of benzene rings is 1. The molecule has 0 aliphatic heterocycles. The van der Waals surface area contributed by atoms with Crippen molar-refractivity contribution in [3.63, 3.8) is 0 Å². The van der Waals surface area contributed by atoms with Gasteiger partial charge in [0.05, 0.1) is 9.03 Å². The Morgan fingerprint density at radius 3 is 2.75 bits per heavy atom. The van der Waals surface area contributed by atoms with Crippen LogP contribution in [0.1, 0.15) is 0 Å². The van der Waals surface area contributed by atoms with Crippen LogP contribution in [-0.4, -0.2) is 10.3 Å². The average Bonchev–Trinajstić information content (AvgIpc) is 2.66. The molecule has 2 aromatic rings. The van der Waals surface area contributed by atoms with Crippen LogP contribution in [0.15, 0.2) is 20.1 Å². The second-order valence-corrected chi connectivity index (χ2v) is 5.04. The maximum Gasteiger partial charge on any atom is 0.451 e. The SMILES string of the molecule is NO[S+]([O])(=O)c1c(Br)cc(F)c2nonc12. The summed E-state index contributed by atoms with van der Waals surface area (Å²) in [5.74, 6) is 3.85. The van der Waals surface area contributed by atoms with Crippen molar-refractivity contribution in [2.45, 2.75) is 4.90 Å². The van der Waals surface area contributed by atoms with E-state index >= 15 is 0 Å². The van der Waals surface area contributed by atoms with Crippen LogP contribution in [0.25, 0.3) is 11.0 Å². The van der Waals surface area contributed by atoms with Gasteiger partial charge in [-0.15, -0.1) is 0 Å². The third kappa shape index (κ3) is 1.64. The Hall–Kier alpha value is -0.940. The van der Waals surface area contributed by atoms with Crippen molar-refractivity contribution in [3.05, 3.63) is 16.4 Å². The number of halogens is 2. The van der Waals surface area contributed by atoms with Gasteiger partial charge in [0.2, 0.25) is 5.52 Å². The van der Waals surface area contributed by atoms with E-state index in [2.05, 4.69) is 41.1 Å². The monoisotopic (exact) mass is 311 g/mol. The summed E-state index contributed by atoms with van der Waals surface area (Å²) >= 11 is 2.87. The molecule has 1 aromatic carbocycles. The van der Waals surface area contributed by atoms with Crippen LogP contribution in [0, 0.1) is 5.82 Å². The molecular weight excluding hydrogens is 309 g/mol. The molecule has 0 amide bonds. The molecule has 2 rings (SSSR count). The Balaban J connectivity index is 2.88. The second-order valence-electron chi connectivity index (χ2n) is 2.68. The molecule has 0 aliphatic carbocycles. The van der Waals surface area contributed by atoms with Gasteiger partial charge in [-0.1, -0.05) is 0 Å². The Morgan fingerprint density at radius 1 is 1.50 bits per heavy atom. The van der Waals surface area contributed by atoms with Crippen LogP contribution < -0.4 is 5.90 Å². The molecule has 1 aromatic heterocycles. The molecule has 0 saturated carbocycles. The number of fused-ring (bicyclic) bond motifs is 1. The fourth-order valence-electron chi connectivity index (χ4n) is 1.14. The lowest BCUT2D eigenvalue weighted by molar-refractivity contribution is 0.261. The van der Waals surface area contributed by atoms with E-state index in [0.29, 0.717) is 0 Å². The molecule has 2 N–H and O–H groups in total. The number of hydrogen-bond acceptors (Lipinski definition) is 6. The number of nitrogens with two attached hydrogens (primary N) is 1. The number of rotatable bonds is 2. The minimum Gasteiger partial charge on any atom is -0.243 e. The number of hydrogen-bond donors (Lipinski definition) is 1. The molecular formula is C6H3BrFN3O4S+. The molecule has 1 heterocycles. The first-order chi connectivity index (χ1) is 7.47. The van der Waals surface area contributed by atoms with Crippen LogP contribution in [0.4, 0.5) is 4.39 Å². The van der Waals surface area contributed by atoms with Gasteiger partial charge in [0.25, 0.3) is 4.90 Å². The van der Waals surface area contributed by atoms with Crippen LogP contribution in [-0.2, 0) is 23.5 Å². The lowest BCUT2D eigenvalue weighted by Gasteiger charge is -1.99. The van der Waals surface area contributed by atoms with E-state index in [0.717, 1.165) is 6.07 Å². The smallest absolute Gasteiger partial charge is 0.243 e. The van der Waals surface area contributed by atoms with Gasteiger partial charge in [0.15, 0.2) is 11.3 Å². The third-order valence-electron chi connectivity index (χ3n) is 1.78. The van der Waals surface area contributed by atoms with Gasteiger partial charge in [0.1, 0.15) is 0 Å². The first-order valence-corrected chi connectivity index (χ1v) is 5.91. The predicted molar refractivity (Wildman–Crippen MR) is 51.7 cm³/mol. The van der Waals surface area contributed by atoms with Crippen molar-refractivity contribution >= 4 is 37.5 Å². The zero-order valence-corrected chi connectivity index (χ0v) is 9.75. The average molecular weight is 312 g/mol. The highest BCUT2D eigenvalue weighted by Gasteiger charge is 2.42. The minimum atomic E-state index is -4.24. The zero-order valence-electron chi connectivity index (χ0n) is 7.35. The van der Waals surface area contributed by atoms with Crippen LogP contribution in [0.3, 0.4) is 0 Å². The summed E-state index contributed by atoms with van der Waals surface area (Å²) in [4.78, 5) is -0.437. The van der Waals surface area contributed by atoms with Crippen LogP contribution in [0.5, 0.6) is 0 Å². The van der Waals surface area contributed by atoms with E-state index in [1.165, 1.54) is 0 Å². The van der Waals surface area contributed by atoms with Gasteiger partial charge >= 0.3 is 10.5 Å². The Labute approximate surface area is 97.2 Å². The van der Waals surface area contributed by atoms with Gasteiger partial charge in [0, 0.05) is 0 Å². The van der Waals surface area contributed by atoms with Crippen molar-refractivity contribution in [1.29, 1.82) is 0 Å². The quantitative estimate of drug-likeness (QED) is 0.657. The molecule has 0 saturated heterocycles. The summed E-state index contributed by atoms with van der Waals surface area (Å²) < 4.78 is 44.2. The normalized spacial score (nSPS) is 15.2. The second kappa shape index (κ2) is 3.82. The molecule has 10 heteroatoms. The van der Waals surface area contributed by atoms with E-state index in [4.69, 9.17) is 0 Å². The fraction of sp³-hybridized carbons (Fsp3) is 0. The van der Waals surface area contributed by atoms with Crippen molar-refractivity contribution in [2.75, 3.05) is 0 Å². The van der Waals surface area contributed by atoms with Crippen LogP contribution in [0.2, 0.25) is 0 Å². The fourth-order valence-corrected chi connectivity index (χ4v) is 2.89. The first-order valence-electron chi connectivity index (χ1n) is 3.71. The predicted octanol–water partition coefficient (Wildman–Crippen LogP) is 1.13. The van der Waals surface area contributed by atoms with Crippen molar-refractivity contribution in [1.82, 2.24) is 10.3 Å². The first kappa shape index (κ1) is 11.5. The van der Waals surface area contributed by atoms with E-state index in [1.807, 2.05) is 0 Å². The van der Waals surface area contributed by atoms with Crippen LogP contribution >= 0.6 is 15.9 Å². The zero-order chi connectivity index (χ0) is 11.9. The molecule has 1 radical (unpaired) electrons. The minimum absolute atomic E-state index is 0.0846. The van der Waals surface area contributed by atoms with Crippen molar-refractivity contribution in [2.24, 2.45) is 5.90 Å². The number of aromatic nitrogens is 2. The van der Waals surface area contributed by atoms with Gasteiger partial charge in [-0.2, -0.15) is 5.90 Å². The topological polar surface area (TPSA) is 111 Å². The molecule has 0 spiro atoms. The highest BCUT2D eigenvalue weighted by atomic mass is 79.9. The highest BCUT2D eigenvalue weighted by molar-refractivity contribution is 9.10. The Kier molecular flexibility index (Phi) is 2.75.